The van der Waals surface area contributed by atoms with Gasteiger partial charge in [-0.05, 0) is 127 Å². The number of nitriles is 1. The van der Waals surface area contributed by atoms with Crippen LogP contribution in [0.3, 0.4) is 0 Å². The van der Waals surface area contributed by atoms with Crippen molar-refractivity contribution in [1.29, 1.82) is 5.26 Å². The highest BCUT2D eigenvalue weighted by atomic mass is 15.0. The number of aryl methyl sites for hydroxylation is 2. The third-order valence-electron chi connectivity index (χ3n) is 18.2. The minimum Gasteiger partial charge on any atom is -0.308 e. The predicted molar refractivity (Wildman–Crippen MR) is 291 cm³/mol. The average molecular weight is 905 g/mol. The summed E-state index contributed by atoms with van der Waals surface area (Å²) >= 11 is 0. The first-order valence-electron chi connectivity index (χ1n) is 25.4. The summed E-state index contributed by atoms with van der Waals surface area (Å²) in [5, 5.41) is 21.8. The molecule has 5 aromatic heterocycles. The Morgan fingerprint density at radius 1 is 0.514 bits per heavy atom. The first-order valence-corrected chi connectivity index (χ1v) is 25.4. The van der Waals surface area contributed by atoms with Gasteiger partial charge in [0.2, 0.25) is 0 Å². The largest absolute Gasteiger partial charge is 0.308 e. The van der Waals surface area contributed by atoms with Crippen LogP contribution in [-0.4, -0.2) is 13.8 Å². The van der Waals surface area contributed by atoms with E-state index in [4.69, 9.17) is 4.98 Å². The van der Waals surface area contributed by atoms with Crippen LogP contribution in [0.4, 0.5) is 0 Å². The molecule has 0 aliphatic heterocycles. The minimum absolute atomic E-state index is 0.00574. The van der Waals surface area contributed by atoms with Gasteiger partial charge in [-0.2, -0.15) is 5.26 Å². The Morgan fingerprint density at radius 2 is 0.943 bits per heavy atom. The van der Waals surface area contributed by atoms with Crippen LogP contribution in [0.15, 0.2) is 109 Å². The van der Waals surface area contributed by atoms with Crippen molar-refractivity contribution < 1.29 is 0 Å². The normalized spacial score (nSPS) is 17.9. The minimum atomic E-state index is -0.273. The smallest absolute Gasteiger partial charge is 0.0995 e. The molecule has 4 aliphatic rings. The van der Waals surface area contributed by atoms with Gasteiger partial charge in [-0.15, -0.1) is 0 Å². The molecule has 0 atom stereocenters. The molecule has 12 aromatic rings. The summed E-state index contributed by atoms with van der Waals surface area (Å²) in [5.41, 5.74) is 25.9. The number of pyridine rings is 1. The molecule has 340 valence electrons. The summed E-state index contributed by atoms with van der Waals surface area (Å²) in [6, 6.07) is 42.3. The first kappa shape index (κ1) is 40.6. The lowest BCUT2D eigenvalue weighted by Crippen LogP contribution is -2.37. The quantitative estimate of drug-likeness (QED) is 0.152. The van der Waals surface area contributed by atoms with E-state index >= 15 is 0 Å². The van der Waals surface area contributed by atoms with E-state index < -0.39 is 0 Å². The number of aromatic nitrogens is 3. The topological polar surface area (TPSA) is 45.5 Å². The molecule has 0 radical (unpaired) electrons. The zero-order chi connectivity index (χ0) is 48.2. The third kappa shape index (κ3) is 4.46. The van der Waals surface area contributed by atoms with Crippen molar-refractivity contribution in [3.05, 3.63) is 193 Å². The van der Waals surface area contributed by atoms with Gasteiger partial charge >= 0.3 is 0 Å². The lowest BCUT2D eigenvalue weighted by Gasteiger charge is -2.43. The molecule has 16 rings (SSSR count). The van der Waals surface area contributed by atoms with E-state index in [0.717, 1.165) is 11.1 Å². The number of fused-ring (bicyclic) bond motifs is 15. The molecular weight excluding hydrogens is 849 g/mol. The van der Waals surface area contributed by atoms with E-state index in [1.807, 2.05) is 0 Å². The van der Waals surface area contributed by atoms with Crippen LogP contribution in [-0.2, 0) is 21.7 Å². The van der Waals surface area contributed by atoms with Crippen molar-refractivity contribution >= 4 is 76.2 Å². The van der Waals surface area contributed by atoms with E-state index in [1.165, 1.54) is 149 Å². The van der Waals surface area contributed by atoms with Gasteiger partial charge in [0.15, 0.2) is 0 Å². The highest BCUT2D eigenvalue weighted by Gasteiger charge is 2.47. The first-order chi connectivity index (χ1) is 33.4. The van der Waals surface area contributed by atoms with Crippen LogP contribution in [0.5, 0.6) is 0 Å². The molecular formula is C66H56N4. The molecule has 0 saturated heterocycles. The fourth-order valence-corrected chi connectivity index (χ4v) is 15.0. The van der Waals surface area contributed by atoms with E-state index in [2.05, 4.69) is 207 Å². The summed E-state index contributed by atoms with van der Waals surface area (Å²) in [7, 11) is 0. The van der Waals surface area contributed by atoms with Crippen LogP contribution < -0.4 is 0 Å². The molecule has 0 fully saturated rings. The Morgan fingerprint density at radius 3 is 1.43 bits per heavy atom. The molecule has 2 bridgehead atoms. The molecule has 5 heterocycles. The van der Waals surface area contributed by atoms with E-state index in [0.29, 0.717) is 0 Å². The average Bonchev–Trinajstić information content (AvgIpc) is 4.07. The van der Waals surface area contributed by atoms with Crippen LogP contribution in [0.25, 0.3) is 76.2 Å². The molecule has 70 heavy (non-hydrogen) atoms. The van der Waals surface area contributed by atoms with Gasteiger partial charge in [0, 0.05) is 65.8 Å². The van der Waals surface area contributed by atoms with Crippen LogP contribution in [0, 0.1) is 25.2 Å². The number of rotatable bonds is 0. The van der Waals surface area contributed by atoms with Gasteiger partial charge in [0.25, 0.3) is 0 Å². The zero-order valence-electron chi connectivity index (χ0n) is 42.3. The SMILES string of the molecule is Cc1c2c3cc(C(C)(C)C)cc4c5c6c(c(C#N)cc5n(c2c(C)c2c5cc(C(C)(C)C)cc7c8c9c(ncc8n(c12)c75)C(C)(C)c1ccccc1C9(C)C)c43)C1c2ccccc2C6c2ccccc21. The lowest BCUT2D eigenvalue weighted by atomic mass is 9.59. The van der Waals surface area contributed by atoms with Crippen LogP contribution >= 0.6 is 0 Å². The fraction of sp³-hybridized carbons (Fsp3) is 0.273. The summed E-state index contributed by atoms with van der Waals surface area (Å²) in [6.45, 7) is 28.5. The second kappa shape index (κ2) is 12.4. The summed E-state index contributed by atoms with van der Waals surface area (Å²) < 4.78 is 5.22. The number of nitrogens with zero attached hydrogens (tertiary/aromatic N) is 4. The van der Waals surface area contributed by atoms with E-state index in [9.17, 15) is 5.26 Å². The van der Waals surface area contributed by atoms with Gasteiger partial charge in [-0.25, -0.2) is 0 Å². The Bertz CT molecular complexity index is 4420. The molecule has 0 unspecified atom stereocenters. The van der Waals surface area contributed by atoms with Crippen molar-refractivity contribution in [3.63, 3.8) is 0 Å². The van der Waals surface area contributed by atoms with Crippen molar-refractivity contribution in [2.75, 3.05) is 0 Å². The van der Waals surface area contributed by atoms with Crippen LogP contribution in [0.1, 0.15) is 165 Å². The fourth-order valence-electron chi connectivity index (χ4n) is 15.0. The summed E-state index contributed by atoms with van der Waals surface area (Å²) in [6.07, 6.45) is 2.21. The van der Waals surface area contributed by atoms with Crippen molar-refractivity contribution in [3.8, 4) is 6.07 Å². The highest BCUT2D eigenvalue weighted by Crippen LogP contribution is 2.61. The number of hydrogen-bond donors (Lipinski definition) is 0. The Kier molecular flexibility index (Phi) is 7.19. The van der Waals surface area contributed by atoms with Crippen molar-refractivity contribution in [2.24, 2.45) is 0 Å². The van der Waals surface area contributed by atoms with Gasteiger partial charge < -0.3 is 8.80 Å². The molecule has 4 nitrogen and oxygen atoms in total. The Hall–Kier alpha value is -7.22. The molecule has 0 spiro atoms. The molecule has 4 heteroatoms. The predicted octanol–water partition coefficient (Wildman–Crippen LogP) is 16.4. The highest BCUT2D eigenvalue weighted by molar-refractivity contribution is 6.32. The van der Waals surface area contributed by atoms with Crippen molar-refractivity contribution in [1.82, 2.24) is 13.8 Å². The van der Waals surface area contributed by atoms with Gasteiger partial charge in [-0.1, -0.05) is 142 Å². The molecule has 0 amide bonds. The van der Waals surface area contributed by atoms with Gasteiger partial charge in [-0.3, -0.25) is 4.98 Å². The number of benzene rings is 7. The summed E-state index contributed by atoms with van der Waals surface area (Å²) in [4.78, 5) is 5.56. The second-order valence-corrected chi connectivity index (χ2v) is 24.6. The maximum absolute atomic E-state index is 11.4. The van der Waals surface area contributed by atoms with E-state index in [-0.39, 0.29) is 33.5 Å². The lowest BCUT2D eigenvalue weighted by molar-refractivity contribution is 0.510. The zero-order valence-corrected chi connectivity index (χ0v) is 42.3. The maximum Gasteiger partial charge on any atom is 0.0995 e. The molecule has 4 aliphatic carbocycles. The summed E-state index contributed by atoms with van der Waals surface area (Å²) in [5.74, 6) is 0.0351. The second-order valence-electron chi connectivity index (χ2n) is 24.6. The standard InChI is InChI=1S/C66H56N4/c1-32-50-42-27-36(64(6,7)8)29-44-55-48(31-68-62-57(55)65(9,10)45-23-17-18-24-46(45)66(62,11)12)70(61(42)44)59(50)33(2)49-41-26-35(63(3,4)5)28-43-54-47(69(58(32)49)60(41)43)25-34(30-67)51-52-37-19-13-15-21-39(37)53(56(51)54)40-22-16-14-20-38(40)52/h13-29,31,52-53H,1-12H3. The molecule has 0 saturated carbocycles. The Labute approximate surface area is 408 Å². The maximum atomic E-state index is 11.4. The van der Waals surface area contributed by atoms with Gasteiger partial charge in [0.1, 0.15) is 0 Å². The van der Waals surface area contributed by atoms with Crippen LogP contribution in [0.2, 0.25) is 0 Å². The van der Waals surface area contributed by atoms with Gasteiger partial charge in [0.05, 0.1) is 56.6 Å². The monoisotopic (exact) mass is 904 g/mol. The molecule has 7 aromatic carbocycles. The number of hydrogen-bond acceptors (Lipinski definition) is 2. The van der Waals surface area contributed by atoms with E-state index in [1.54, 1.807) is 0 Å². The molecule has 0 N–H and O–H groups in total. The van der Waals surface area contributed by atoms with Crippen molar-refractivity contribution in [2.45, 2.75) is 117 Å². The Balaban J connectivity index is 1.15. The third-order valence-corrected chi connectivity index (χ3v) is 18.2.